The molecule has 1 aromatic heterocycles. The number of rotatable bonds is 6. The van der Waals surface area contributed by atoms with Crippen molar-refractivity contribution in [1.29, 1.82) is 0 Å². The van der Waals surface area contributed by atoms with Crippen molar-refractivity contribution in [2.75, 3.05) is 11.9 Å². The van der Waals surface area contributed by atoms with E-state index in [9.17, 15) is 4.79 Å². The Hall–Kier alpha value is -3.60. The third-order valence-electron chi connectivity index (χ3n) is 7.00. The summed E-state index contributed by atoms with van der Waals surface area (Å²) < 4.78 is 11.7. The number of anilines is 1. The lowest BCUT2D eigenvalue weighted by molar-refractivity contribution is -0.118. The first-order valence-corrected chi connectivity index (χ1v) is 12.9. The quantitative estimate of drug-likeness (QED) is 0.304. The minimum absolute atomic E-state index is 0.0506. The number of carbonyl (C=O) groups is 1. The Kier molecular flexibility index (Phi) is 6.82. The average Bonchev–Trinajstić information content (AvgIpc) is 3.31. The van der Waals surface area contributed by atoms with Crippen LogP contribution in [0, 0.1) is 0 Å². The summed E-state index contributed by atoms with van der Waals surface area (Å²) in [6, 6.07) is 22.0. The maximum atomic E-state index is 12.5. The molecule has 0 unspecified atom stereocenters. The van der Waals surface area contributed by atoms with Crippen LogP contribution in [0.3, 0.4) is 0 Å². The highest BCUT2D eigenvalue weighted by molar-refractivity contribution is 5.94. The Morgan fingerprint density at radius 3 is 2.39 bits per heavy atom. The van der Waals surface area contributed by atoms with E-state index >= 15 is 0 Å². The fourth-order valence-corrected chi connectivity index (χ4v) is 4.86. The third kappa shape index (κ3) is 5.62. The normalized spacial score (nSPS) is 14.6. The smallest absolute Gasteiger partial charge is 0.262 e. The molecule has 3 aromatic carbocycles. The van der Waals surface area contributed by atoms with E-state index in [0.717, 1.165) is 5.56 Å². The molecule has 4 aromatic rings. The molecule has 36 heavy (non-hydrogen) atoms. The van der Waals surface area contributed by atoms with Gasteiger partial charge in [0.1, 0.15) is 11.3 Å². The largest absolute Gasteiger partial charge is 0.484 e. The number of carbonyl (C=O) groups excluding carboxylic acids is 1. The molecule has 0 atom stereocenters. The highest BCUT2D eigenvalue weighted by atomic mass is 16.5. The average molecular weight is 483 g/mol. The van der Waals surface area contributed by atoms with E-state index in [-0.39, 0.29) is 17.9 Å². The van der Waals surface area contributed by atoms with E-state index in [1.807, 2.05) is 42.5 Å². The van der Waals surface area contributed by atoms with Gasteiger partial charge in [-0.25, -0.2) is 4.98 Å². The Labute approximate surface area is 212 Å². The number of aromatic nitrogens is 1. The molecular weight excluding hydrogens is 448 g/mol. The molecular formula is C31H34N2O3. The lowest BCUT2D eigenvalue weighted by Crippen LogP contribution is -2.20. The summed E-state index contributed by atoms with van der Waals surface area (Å²) in [5, 5.41) is 2.89. The summed E-state index contributed by atoms with van der Waals surface area (Å²) in [4.78, 5) is 17.1. The molecule has 1 amide bonds. The van der Waals surface area contributed by atoms with Crippen LogP contribution in [0.15, 0.2) is 71.1 Å². The van der Waals surface area contributed by atoms with Crippen molar-refractivity contribution in [2.24, 2.45) is 0 Å². The zero-order chi connectivity index (χ0) is 25.1. The van der Waals surface area contributed by atoms with E-state index in [1.54, 1.807) is 0 Å². The van der Waals surface area contributed by atoms with Gasteiger partial charge < -0.3 is 14.5 Å². The van der Waals surface area contributed by atoms with Gasteiger partial charge in [-0.15, -0.1) is 0 Å². The van der Waals surface area contributed by atoms with Crippen molar-refractivity contribution in [2.45, 2.75) is 64.2 Å². The highest BCUT2D eigenvalue weighted by Crippen LogP contribution is 2.33. The fourth-order valence-electron chi connectivity index (χ4n) is 4.86. The summed E-state index contributed by atoms with van der Waals surface area (Å²) in [7, 11) is 0. The van der Waals surface area contributed by atoms with Crippen LogP contribution in [-0.4, -0.2) is 17.5 Å². The molecule has 1 N–H and O–H groups in total. The van der Waals surface area contributed by atoms with Gasteiger partial charge in [-0.2, -0.15) is 0 Å². The molecule has 5 heteroatoms. The van der Waals surface area contributed by atoms with E-state index in [2.05, 4.69) is 55.3 Å². The Bertz CT molecular complexity index is 1330. The van der Waals surface area contributed by atoms with Gasteiger partial charge in [-0.3, -0.25) is 4.79 Å². The van der Waals surface area contributed by atoms with E-state index in [0.29, 0.717) is 34.3 Å². The zero-order valence-corrected chi connectivity index (χ0v) is 21.3. The lowest BCUT2D eigenvalue weighted by atomic mass is 9.84. The summed E-state index contributed by atoms with van der Waals surface area (Å²) >= 11 is 0. The summed E-state index contributed by atoms with van der Waals surface area (Å²) in [5.74, 6) is 1.71. The molecule has 0 bridgehead atoms. The van der Waals surface area contributed by atoms with Gasteiger partial charge in [0.2, 0.25) is 5.89 Å². The van der Waals surface area contributed by atoms with Crippen LogP contribution in [-0.2, 0) is 10.2 Å². The predicted octanol–water partition coefficient (Wildman–Crippen LogP) is 7.86. The van der Waals surface area contributed by atoms with Crippen LogP contribution in [0.1, 0.15) is 69.9 Å². The maximum Gasteiger partial charge on any atom is 0.262 e. The number of hydrogen-bond acceptors (Lipinski definition) is 4. The van der Waals surface area contributed by atoms with Gasteiger partial charge in [-0.05, 0) is 77.8 Å². The number of ether oxygens (including phenoxy) is 1. The minimum atomic E-state index is -0.216. The number of amides is 1. The molecule has 0 spiro atoms. The van der Waals surface area contributed by atoms with Crippen molar-refractivity contribution < 1.29 is 13.9 Å². The first kappa shape index (κ1) is 24.1. The zero-order valence-electron chi connectivity index (χ0n) is 21.3. The van der Waals surface area contributed by atoms with Crippen LogP contribution in [0.2, 0.25) is 0 Å². The molecule has 1 aliphatic rings. The number of nitrogens with one attached hydrogen (secondary N) is 1. The van der Waals surface area contributed by atoms with Gasteiger partial charge in [0.15, 0.2) is 12.2 Å². The Morgan fingerprint density at radius 2 is 1.69 bits per heavy atom. The molecule has 0 radical (unpaired) electrons. The number of fused-ring (bicyclic) bond motifs is 1. The first-order valence-electron chi connectivity index (χ1n) is 12.9. The van der Waals surface area contributed by atoms with Crippen LogP contribution in [0.25, 0.3) is 22.6 Å². The monoisotopic (exact) mass is 482 g/mol. The lowest BCUT2D eigenvalue weighted by Gasteiger charge is -2.22. The molecule has 1 saturated carbocycles. The third-order valence-corrected chi connectivity index (χ3v) is 7.00. The molecule has 1 fully saturated rings. The summed E-state index contributed by atoms with van der Waals surface area (Å²) in [6.07, 6.45) is 6.51. The Balaban J connectivity index is 1.19. The van der Waals surface area contributed by atoms with Gasteiger partial charge in [0.05, 0.1) is 0 Å². The number of nitrogens with zero attached hydrogens (tertiary/aromatic N) is 1. The van der Waals surface area contributed by atoms with Gasteiger partial charge in [-0.1, -0.05) is 64.3 Å². The molecule has 5 nitrogen and oxygen atoms in total. The van der Waals surface area contributed by atoms with Gasteiger partial charge in [0.25, 0.3) is 5.91 Å². The van der Waals surface area contributed by atoms with E-state index in [4.69, 9.17) is 9.15 Å². The SMILES string of the molecule is CC(C)(C)c1ccc(-c2nc3cc(NC(=O)COc4ccc(C5CCCCC5)cc4)ccc3o2)cc1. The van der Waals surface area contributed by atoms with E-state index < -0.39 is 0 Å². The number of benzene rings is 3. The van der Waals surface area contributed by atoms with Crippen molar-refractivity contribution in [3.05, 3.63) is 77.9 Å². The van der Waals surface area contributed by atoms with E-state index in [1.165, 1.54) is 43.2 Å². The van der Waals surface area contributed by atoms with Crippen LogP contribution in [0.4, 0.5) is 5.69 Å². The highest BCUT2D eigenvalue weighted by Gasteiger charge is 2.16. The van der Waals surface area contributed by atoms with Crippen molar-refractivity contribution in [3.63, 3.8) is 0 Å². The maximum absolute atomic E-state index is 12.5. The van der Waals surface area contributed by atoms with Crippen LogP contribution < -0.4 is 10.1 Å². The second-order valence-electron chi connectivity index (χ2n) is 10.8. The van der Waals surface area contributed by atoms with Crippen molar-refractivity contribution >= 4 is 22.7 Å². The second kappa shape index (κ2) is 10.2. The summed E-state index contributed by atoms with van der Waals surface area (Å²) in [5.41, 5.74) is 5.68. The van der Waals surface area contributed by atoms with Gasteiger partial charge in [0, 0.05) is 11.3 Å². The molecule has 1 heterocycles. The fraction of sp³-hybridized carbons (Fsp3) is 0.355. The first-order chi connectivity index (χ1) is 17.3. The topological polar surface area (TPSA) is 64.4 Å². The molecule has 0 saturated heterocycles. The Morgan fingerprint density at radius 1 is 0.972 bits per heavy atom. The summed E-state index contributed by atoms with van der Waals surface area (Å²) in [6.45, 7) is 6.52. The van der Waals surface area contributed by atoms with Crippen molar-refractivity contribution in [1.82, 2.24) is 4.98 Å². The molecule has 186 valence electrons. The predicted molar refractivity (Wildman–Crippen MR) is 145 cm³/mol. The van der Waals surface area contributed by atoms with Crippen LogP contribution >= 0.6 is 0 Å². The second-order valence-corrected chi connectivity index (χ2v) is 10.8. The number of oxazole rings is 1. The molecule has 1 aliphatic carbocycles. The minimum Gasteiger partial charge on any atom is -0.484 e. The van der Waals surface area contributed by atoms with Gasteiger partial charge >= 0.3 is 0 Å². The number of hydrogen-bond donors (Lipinski definition) is 1. The standard InChI is InChI=1S/C31H34N2O3/c1-31(2,3)24-13-9-23(10-14-24)30-33-27-19-25(15-18-28(27)36-30)32-29(34)20-35-26-16-11-22(12-17-26)21-7-5-4-6-8-21/h9-19,21H,4-8,20H2,1-3H3,(H,32,34). The van der Waals surface area contributed by atoms with Crippen molar-refractivity contribution in [3.8, 4) is 17.2 Å². The molecule has 0 aliphatic heterocycles. The van der Waals surface area contributed by atoms with Crippen LogP contribution in [0.5, 0.6) is 5.75 Å². The molecule has 5 rings (SSSR count).